The van der Waals surface area contributed by atoms with Crippen molar-refractivity contribution in [3.63, 3.8) is 0 Å². The zero-order valence-corrected chi connectivity index (χ0v) is 19.1. The molecule has 2 rings (SSSR count). The number of nitrogens with zero attached hydrogens (tertiary/aromatic N) is 1. The number of amides is 3. The number of primary amides is 1. The molecule has 0 aliphatic carbocycles. The molecule has 0 aromatic heterocycles. The number of rotatable bonds is 5. The second-order valence-corrected chi connectivity index (χ2v) is 11.1. The molecule has 0 aromatic rings. The van der Waals surface area contributed by atoms with E-state index < -0.39 is 41.4 Å². The number of likely N-dealkylation sites (tertiary alicyclic amines) is 1. The molecule has 2 heterocycles. The Morgan fingerprint density at radius 1 is 1.17 bits per heavy atom. The number of carbonyl (C=O) groups is 3. The summed E-state index contributed by atoms with van der Waals surface area (Å²) in [6.07, 6.45) is -1.23. The lowest BCUT2D eigenvalue weighted by atomic mass is 10.0. The topological polar surface area (TPSA) is 123 Å². The summed E-state index contributed by atoms with van der Waals surface area (Å²) in [5, 5.41) is 5.89. The van der Waals surface area contributed by atoms with E-state index in [1.165, 1.54) is 0 Å². The van der Waals surface area contributed by atoms with Crippen LogP contribution >= 0.6 is 11.8 Å². The summed E-state index contributed by atoms with van der Waals surface area (Å²) in [7, 11) is 0. The Morgan fingerprint density at radius 2 is 1.76 bits per heavy atom. The van der Waals surface area contributed by atoms with Gasteiger partial charge in [0.05, 0.1) is 30.8 Å². The predicted molar refractivity (Wildman–Crippen MR) is 111 cm³/mol. The van der Waals surface area contributed by atoms with E-state index in [9.17, 15) is 14.4 Å². The molecule has 2 saturated heterocycles. The van der Waals surface area contributed by atoms with Gasteiger partial charge in [-0.1, -0.05) is 0 Å². The van der Waals surface area contributed by atoms with E-state index in [1.54, 1.807) is 44.4 Å². The van der Waals surface area contributed by atoms with E-state index in [0.29, 0.717) is 18.8 Å². The summed E-state index contributed by atoms with van der Waals surface area (Å²) >= 11 is 1.59. The summed E-state index contributed by atoms with van der Waals surface area (Å²) in [5.41, 5.74) is 4.21. The lowest BCUT2D eigenvalue weighted by Crippen LogP contribution is -2.71. The van der Waals surface area contributed by atoms with Crippen LogP contribution in [-0.4, -0.2) is 75.9 Å². The minimum Gasteiger partial charge on any atom is -0.444 e. The number of carbonyl (C=O) groups excluding carboxylic acids is 3. The van der Waals surface area contributed by atoms with Gasteiger partial charge in [0.25, 0.3) is 0 Å². The van der Waals surface area contributed by atoms with Gasteiger partial charge in [-0.2, -0.15) is 0 Å². The molecule has 2 aliphatic rings. The number of alkyl carbamates (subject to hydrolysis) is 1. The van der Waals surface area contributed by atoms with Gasteiger partial charge >= 0.3 is 6.09 Å². The van der Waals surface area contributed by atoms with Gasteiger partial charge in [0.1, 0.15) is 16.5 Å². The number of thioether (sulfide) groups is 1. The summed E-state index contributed by atoms with van der Waals surface area (Å²) < 4.78 is 11.3. The maximum atomic E-state index is 13.2. The fourth-order valence-corrected chi connectivity index (χ4v) is 4.80. The molecule has 0 bridgehead atoms. The zero-order valence-electron chi connectivity index (χ0n) is 18.3. The third kappa shape index (κ3) is 6.48. The Kier molecular flexibility index (Phi) is 6.81. The Hall–Kier alpha value is -1.52. The van der Waals surface area contributed by atoms with Crippen LogP contribution in [0.4, 0.5) is 4.79 Å². The second-order valence-electron chi connectivity index (χ2n) is 9.66. The average Bonchev–Trinajstić information content (AvgIpc) is 2.92. The number of nitrogens with two attached hydrogens (primary N) is 1. The van der Waals surface area contributed by atoms with E-state index in [0.717, 1.165) is 0 Å². The third-order valence-electron chi connectivity index (χ3n) is 4.46. The quantitative estimate of drug-likeness (QED) is 0.590. The van der Waals surface area contributed by atoms with Crippen LogP contribution in [-0.2, 0) is 19.1 Å². The van der Waals surface area contributed by atoms with E-state index in [2.05, 4.69) is 10.6 Å². The second kappa shape index (κ2) is 8.31. The van der Waals surface area contributed by atoms with E-state index in [4.69, 9.17) is 15.2 Å². The van der Waals surface area contributed by atoms with Gasteiger partial charge in [0.2, 0.25) is 11.8 Å². The highest BCUT2D eigenvalue weighted by molar-refractivity contribution is 8.01. The first-order valence-electron chi connectivity index (χ1n) is 9.78. The van der Waals surface area contributed by atoms with E-state index in [-0.39, 0.29) is 10.8 Å². The van der Waals surface area contributed by atoms with Crippen LogP contribution in [0, 0.1) is 0 Å². The molecule has 166 valence electrons. The minimum absolute atomic E-state index is 0.247. The number of nitrogens with one attached hydrogen (secondary N) is 2. The summed E-state index contributed by atoms with van der Waals surface area (Å²) in [5.74, 6) is -0.0560. The van der Waals surface area contributed by atoms with Gasteiger partial charge in [-0.15, -0.1) is 11.8 Å². The Bertz CT molecular complexity index is 652. The fourth-order valence-electron chi connectivity index (χ4n) is 3.34. The van der Waals surface area contributed by atoms with Crippen molar-refractivity contribution in [1.29, 1.82) is 0 Å². The molecule has 3 amide bonds. The maximum Gasteiger partial charge on any atom is 0.408 e. The van der Waals surface area contributed by atoms with Crippen LogP contribution in [0.15, 0.2) is 0 Å². The number of hydrogen-bond donors (Lipinski definition) is 3. The van der Waals surface area contributed by atoms with Crippen molar-refractivity contribution in [2.45, 2.75) is 82.7 Å². The summed E-state index contributed by atoms with van der Waals surface area (Å²) in [4.78, 5) is 38.2. The van der Waals surface area contributed by atoms with Gasteiger partial charge in [0, 0.05) is 5.75 Å². The lowest BCUT2D eigenvalue weighted by molar-refractivity contribution is -0.147. The zero-order chi connectivity index (χ0) is 22.2. The maximum absolute atomic E-state index is 13.2. The molecule has 4 N–H and O–H groups in total. The molecule has 10 heteroatoms. The number of hydrogen-bond acceptors (Lipinski definition) is 7. The Balaban J connectivity index is 2.05. The SMILES string of the molecule is C[C@@H](OC(C)(C)C)[C@H](NC(=O)OC(C)(C)C)C(=O)N1CC2(C1)N[C@H](C(N)=O)CS2. The van der Waals surface area contributed by atoms with Crippen LogP contribution in [0.25, 0.3) is 0 Å². The van der Waals surface area contributed by atoms with E-state index in [1.807, 2.05) is 20.8 Å². The highest BCUT2D eigenvalue weighted by Crippen LogP contribution is 2.38. The molecule has 1 spiro atoms. The Morgan fingerprint density at radius 3 is 2.21 bits per heavy atom. The Labute approximate surface area is 176 Å². The van der Waals surface area contributed by atoms with Crippen molar-refractivity contribution < 1.29 is 23.9 Å². The van der Waals surface area contributed by atoms with Crippen molar-refractivity contribution in [1.82, 2.24) is 15.5 Å². The van der Waals surface area contributed by atoms with Gasteiger partial charge in [-0.05, 0) is 48.5 Å². The van der Waals surface area contributed by atoms with Crippen molar-refractivity contribution in [3.8, 4) is 0 Å². The molecule has 0 aromatic carbocycles. The molecule has 2 aliphatic heterocycles. The van der Waals surface area contributed by atoms with Gasteiger partial charge in [-0.3, -0.25) is 14.9 Å². The standard InChI is InChI=1S/C19H34N4O5S/c1-11(27-17(2,3)4)13(21-16(26)28-18(5,6)7)15(25)23-9-19(10-23)22-12(8-29-19)14(20)24/h11-13,22H,8-10H2,1-7H3,(H2,20,24)(H,21,26)/t11-,12+,13+/m1/s1. The van der Waals surface area contributed by atoms with Gasteiger partial charge in [0.15, 0.2) is 0 Å². The molecule has 0 saturated carbocycles. The van der Waals surface area contributed by atoms with Crippen LogP contribution in [0.1, 0.15) is 48.5 Å². The molecular weight excluding hydrogens is 396 g/mol. The minimum atomic E-state index is -0.889. The molecule has 9 nitrogen and oxygen atoms in total. The first-order valence-corrected chi connectivity index (χ1v) is 10.8. The molecule has 0 radical (unpaired) electrons. The van der Waals surface area contributed by atoms with Crippen LogP contribution < -0.4 is 16.4 Å². The van der Waals surface area contributed by atoms with Crippen molar-refractivity contribution in [2.75, 3.05) is 18.8 Å². The van der Waals surface area contributed by atoms with Gasteiger partial charge in [-0.25, -0.2) is 4.79 Å². The average molecular weight is 431 g/mol. The monoisotopic (exact) mass is 430 g/mol. The highest BCUT2D eigenvalue weighted by Gasteiger charge is 2.53. The molecule has 29 heavy (non-hydrogen) atoms. The first-order chi connectivity index (χ1) is 13.1. The van der Waals surface area contributed by atoms with E-state index >= 15 is 0 Å². The molecule has 2 fully saturated rings. The molecular formula is C19H34N4O5S. The highest BCUT2D eigenvalue weighted by atomic mass is 32.2. The van der Waals surface area contributed by atoms with Crippen LogP contribution in [0.3, 0.4) is 0 Å². The predicted octanol–water partition coefficient (Wildman–Crippen LogP) is 0.812. The van der Waals surface area contributed by atoms with Crippen LogP contribution in [0.2, 0.25) is 0 Å². The van der Waals surface area contributed by atoms with Gasteiger partial charge < -0.3 is 25.4 Å². The molecule has 3 atom stereocenters. The smallest absolute Gasteiger partial charge is 0.408 e. The first kappa shape index (κ1) is 23.8. The number of ether oxygens (including phenoxy) is 2. The van der Waals surface area contributed by atoms with Crippen molar-refractivity contribution >= 4 is 29.7 Å². The summed E-state index contributed by atoms with van der Waals surface area (Å²) in [6, 6.07) is -1.28. The normalized spacial score (nSPS) is 23.3. The largest absolute Gasteiger partial charge is 0.444 e. The molecule has 0 unspecified atom stereocenters. The third-order valence-corrected chi connectivity index (χ3v) is 5.89. The van der Waals surface area contributed by atoms with Crippen LogP contribution in [0.5, 0.6) is 0 Å². The van der Waals surface area contributed by atoms with Crippen molar-refractivity contribution in [2.24, 2.45) is 5.73 Å². The van der Waals surface area contributed by atoms with Crippen molar-refractivity contribution in [3.05, 3.63) is 0 Å². The lowest BCUT2D eigenvalue weighted by Gasteiger charge is -2.49. The summed E-state index contributed by atoms with van der Waals surface area (Å²) in [6.45, 7) is 13.6. The fraction of sp³-hybridized carbons (Fsp3) is 0.842.